The van der Waals surface area contributed by atoms with Gasteiger partial charge in [0.1, 0.15) is 0 Å². The molecule has 0 aliphatic heterocycles. The van der Waals surface area contributed by atoms with Crippen LogP contribution in [0.25, 0.3) is 0 Å². The molecule has 0 fully saturated rings. The fraction of sp³-hybridized carbons (Fsp3) is 0.600. The minimum absolute atomic E-state index is 0.168. The molecule has 0 heterocycles. The molecule has 0 saturated carbocycles. The Morgan fingerprint density at radius 3 is 2.56 bits per heavy atom. The zero-order valence-electron chi connectivity index (χ0n) is 11.9. The molecule has 1 rings (SSSR count). The molecule has 0 aliphatic rings. The van der Waals surface area contributed by atoms with Gasteiger partial charge in [-0.3, -0.25) is 0 Å². The summed E-state index contributed by atoms with van der Waals surface area (Å²) in [5.74, 6) is 0.678. The summed E-state index contributed by atoms with van der Waals surface area (Å²) in [5, 5.41) is 0.787. The van der Waals surface area contributed by atoms with E-state index in [1.165, 1.54) is 17.7 Å². The number of hydrogen-bond acceptors (Lipinski definition) is 2. The monoisotopic (exact) mass is 268 g/mol. The van der Waals surface area contributed by atoms with Gasteiger partial charge in [-0.05, 0) is 37.0 Å². The van der Waals surface area contributed by atoms with Gasteiger partial charge in [-0.15, -0.1) is 0 Å². The van der Waals surface area contributed by atoms with Crippen molar-refractivity contribution in [1.29, 1.82) is 0 Å². The maximum absolute atomic E-state index is 6.11. The lowest BCUT2D eigenvalue weighted by molar-refractivity contribution is 0.558. The van der Waals surface area contributed by atoms with E-state index in [9.17, 15) is 0 Å². The van der Waals surface area contributed by atoms with Crippen LogP contribution >= 0.6 is 11.6 Å². The number of anilines is 1. The molecule has 2 N–H and O–H groups in total. The largest absolute Gasteiger partial charge is 0.374 e. The number of rotatable bonds is 6. The second kappa shape index (κ2) is 7.01. The van der Waals surface area contributed by atoms with E-state index in [0.29, 0.717) is 5.92 Å². The van der Waals surface area contributed by atoms with Gasteiger partial charge in [0.25, 0.3) is 0 Å². The second-order valence-corrected chi connectivity index (χ2v) is 5.78. The molecule has 0 radical (unpaired) electrons. The zero-order valence-corrected chi connectivity index (χ0v) is 12.7. The first-order valence-electron chi connectivity index (χ1n) is 6.69. The SMILES string of the molecule is CCC(C)CN(C)c1cc(Cl)ccc1CC(C)N. The zero-order chi connectivity index (χ0) is 13.7. The summed E-state index contributed by atoms with van der Waals surface area (Å²) in [7, 11) is 2.13. The van der Waals surface area contributed by atoms with E-state index < -0.39 is 0 Å². The van der Waals surface area contributed by atoms with Crippen LogP contribution in [0.4, 0.5) is 5.69 Å². The fourth-order valence-corrected chi connectivity index (χ4v) is 2.27. The smallest absolute Gasteiger partial charge is 0.0426 e. The average Bonchev–Trinajstić information content (AvgIpc) is 2.30. The second-order valence-electron chi connectivity index (χ2n) is 5.35. The van der Waals surface area contributed by atoms with Crippen molar-refractivity contribution >= 4 is 17.3 Å². The Bertz CT molecular complexity index is 377. The maximum Gasteiger partial charge on any atom is 0.0426 e. The molecule has 0 aliphatic carbocycles. The van der Waals surface area contributed by atoms with Gasteiger partial charge < -0.3 is 10.6 Å². The Morgan fingerprint density at radius 2 is 2.00 bits per heavy atom. The Kier molecular flexibility index (Phi) is 5.97. The summed E-state index contributed by atoms with van der Waals surface area (Å²) in [6, 6.07) is 6.25. The summed E-state index contributed by atoms with van der Waals surface area (Å²) >= 11 is 6.11. The minimum atomic E-state index is 0.168. The van der Waals surface area contributed by atoms with E-state index in [1.54, 1.807) is 0 Å². The van der Waals surface area contributed by atoms with Gasteiger partial charge in [0.15, 0.2) is 0 Å². The predicted molar refractivity (Wildman–Crippen MR) is 81.5 cm³/mol. The van der Waals surface area contributed by atoms with Gasteiger partial charge in [0, 0.05) is 30.3 Å². The lowest BCUT2D eigenvalue weighted by atomic mass is 10.0. The van der Waals surface area contributed by atoms with Crippen LogP contribution in [0.2, 0.25) is 5.02 Å². The van der Waals surface area contributed by atoms with Crippen LogP contribution in [0.5, 0.6) is 0 Å². The first-order chi connectivity index (χ1) is 8.43. The van der Waals surface area contributed by atoms with Gasteiger partial charge in [-0.25, -0.2) is 0 Å². The van der Waals surface area contributed by atoms with Crippen molar-refractivity contribution in [3.63, 3.8) is 0 Å². The highest BCUT2D eigenvalue weighted by molar-refractivity contribution is 6.30. The molecule has 0 saturated heterocycles. The number of halogens is 1. The fourth-order valence-electron chi connectivity index (χ4n) is 2.11. The quantitative estimate of drug-likeness (QED) is 0.852. The lowest BCUT2D eigenvalue weighted by Crippen LogP contribution is -2.26. The number of nitrogens with two attached hydrogens (primary N) is 1. The van der Waals surface area contributed by atoms with E-state index in [2.05, 4.69) is 31.9 Å². The summed E-state index contributed by atoms with van der Waals surface area (Å²) < 4.78 is 0. The van der Waals surface area contributed by atoms with E-state index in [1.807, 2.05) is 19.1 Å². The average molecular weight is 269 g/mol. The van der Waals surface area contributed by atoms with Gasteiger partial charge in [0.2, 0.25) is 0 Å². The molecule has 2 nitrogen and oxygen atoms in total. The number of hydrogen-bond donors (Lipinski definition) is 1. The molecular weight excluding hydrogens is 244 g/mol. The van der Waals surface area contributed by atoms with Gasteiger partial charge >= 0.3 is 0 Å². The molecule has 102 valence electrons. The van der Waals surface area contributed by atoms with Gasteiger partial charge in [-0.2, -0.15) is 0 Å². The van der Waals surface area contributed by atoms with E-state index in [4.69, 9.17) is 17.3 Å². The number of nitrogens with zero attached hydrogens (tertiary/aromatic N) is 1. The third-order valence-electron chi connectivity index (χ3n) is 3.28. The van der Waals surface area contributed by atoms with Crippen molar-refractivity contribution < 1.29 is 0 Å². The van der Waals surface area contributed by atoms with Crippen molar-refractivity contribution in [1.82, 2.24) is 0 Å². The molecule has 0 bridgehead atoms. The van der Waals surface area contributed by atoms with Crippen molar-refractivity contribution in [2.45, 2.75) is 39.7 Å². The molecule has 3 heteroatoms. The first kappa shape index (κ1) is 15.3. The van der Waals surface area contributed by atoms with E-state index in [-0.39, 0.29) is 6.04 Å². The topological polar surface area (TPSA) is 29.3 Å². The highest BCUT2D eigenvalue weighted by Gasteiger charge is 2.12. The van der Waals surface area contributed by atoms with Crippen molar-refractivity contribution in [3.05, 3.63) is 28.8 Å². The maximum atomic E-state index is 6.11. The number of benzene rings is 1. The third kappa shape index (κ3) is 4.51. The lowest BCUT2D eigenvalue weighted by Gasteiger charge is -2.26. The highest BCUT2D eigenvalue weighted by atomic mass is 35.5. The van der Waals surface area contributed by atoms with E-state index >= 15 is 0 Å². The molecule has 18 heavy (non-hydrogen) atoms. The van der Waals surface area contributed by atoms with Crippen molar-refractivity contribution in [2.75, 3.05) is 18.5 Å². The Labute approximate surface area is 116 Å². The van der Waals surface area contributed by atoms with Crippen LogP contribution in [0.3, 0.4) is 0 Å². The van der Waals surface area contributed by atoms with Crippen molar-refractivity contribution in [2.24, 2.45) is 11.7 Å². The molecule has 1 aromatic rings. The molecule has 0 spiro atoms. The summed E-state index contributed by atoms with van der Waals surface area (Å²) in [6.07, 6.45) is 2.07. The van der Waals surface area contributed by atoms with Gasteiger partial charge in [-0.1, -0.05) is 37.9 Å². The van der Waals surface area contributed by atoms with Crippen LogP contribution in [0.15, 0.2) is 18.2 Å². The van der Waals surface area contributed by atoms with E-state index in [0.717, 1.165) is 18.0 Å². The van der Waals surface area contributed by atoms with Crippen LogP contribution in [-0.4, -0.2) is 19.6 Å². The molecule has 1 aromatic carbocycles. The summed E-state index contributed by atoms with van der Waals surface area (Å²) in [4.78, 5) is 2.29. The standard InChI is InChI=1S/C15H25ClN2/c1-5-11(2)10-18(4)15-9-14(16)7-6-13(15)8-12(3)17/h6-7,9,11-12H,5,8,10,17H2,1-4H3. The Hall–Kier alpha value is -0.730. The van der Waals surface area contributed by atoms with Crippen LogP contribution in [0.1, 0.15) is 32.8 Å². The summed E-state index contributed by atoms with van der Waals surface area (Å²) in [5.41, 5.74) is 8.39. The first-order valence-corrected chi connectivity index (χ1v) is 7.07. The van der Waals surface area contributed by atoms with Crippen LogP contribution in [-0.2, 0) is 6.42 Å². The van der Waals surface area contributed by atoms with Gasteiger partial charge in [0.05, 0.1) is 0 Å². The third-order valence-corrected chi connectivity index (χ3v) is 3.52. The highest BCUT2D eigenvalue weighted by Crippen LogP contribution is 2.26. The minimum Gasteiger partial charge on any atom is -0.374 e. The predicted octanol–water partition coefficient (Wildman–Crippen LogP) is 3.71. The Morgan fingerprint density at radius 1 is 1.33 bits per heavy atom. The van der Waals surface area contributed by atoms with Crippen LogP contribution in [0, 0.1) is 5.92 Å². The molecular formula is C15H25ClN2. The molecule has 2 atom stereocenters. The van der Waals surface area contributed by atoms with Crippen molar-refractivity contribution in [3.8, 4) is 0 Å². The normalized spacial score (nSPS) is 14.3. The molecule has 2 unspecified atom stereocenters. The van der Waals surface area contributed by atoms with Crippen LogP contribution < -0.4 is 10.6 Å². The molecule has 0 aromatic heterocycles. The summed E-state index contributed by atoms with van der Waals surface area (Å²) in [6.45, 7) is 7.57. The Balaban J connectivity index is 2.93. The molecule has 0 amide bonds.